The van der Waals surface area contributed by atoms with Gasteiger partial charge in [-0.05, 0) is 43.5 Å². The molecule has 2 amide bonds. The number of carbonyl (C=O) groups excluding carboxylic acids is 3. The van der Waals surface area contributed by atoms with Crippen LogP contribution in [0.3, 0.4) is 0 Å². The Hall–Kier alpha value is -4.52. The average Bonchev–Trinajstić information content (AvgIpc) is 2.96. The van der Waals surface area contributed by atoms with E-state index in [2.05, 4.69) is 5.32 Å². The van der Waals surface area contributed by atoms with Gasteiger partial charge in [-0.1, -0.05) is 60.7 Å². The molecule has 1 N–H and O–H groups in total. The molecule has 1 saturated heterocycles. The van der Waals surface area contributed by atoms with Crippen molar-refractivity contribution in [1.29, 1.82) is 0 Å². The summed E-state index contributed by atoms with van der Waals surface area (Å²) in [6.45, 7) is 1.05. The summed E-state index contributed by atoms with van der Waals surface area (Å²) in [5.74, 6) is -1.24. The highest BCUT2D eigenvalue weighted by molar-refractivity contribution is 6.14. The molecular weight excluding hydrogens is 466 g/mol. The number of fused-ring (bicyclic) bond motifs is 1. The van der Waals surface area contributed by atoms with Crippen LogP contribution < -0.4 is 5.32 Å². The first-order valence-electron chi connectivity index (χ1n) is 12.4. The molecule has 37 heavy (non-hydrogen) atoms. The number of para-hydroxylation sites is 2. The van der Waals surface area contributed by atoms with Gasteiger partial charge in [0.15, 0.2) is 6.61 Å². The van der Waals surface area contributed by atoms with Gasteiger partial charge in [-0.2, -0.15) is 0 Å². The van der Waals surface area contributed by atoms with Crippen LogP contribution in [-0.2, 0) is 9.53 Å². The third kappa shape index (κ3) is 5.51. The number of benzene rings is 3. The largest absolute Gasteiger partial charge is 0.452 e. The summed E-state index contributed by atoms with van der Waals surface area (Å²) in [5.41, 5.74) is 3.19. The molecule has 1 aliphatic heterocycles. The molecule has 7 heteroatoms. The first kappa shape index (κ1) is 24.2. The number of piperidine rings is 1. The molecule has 0 atom stereocenters. The summed E-state index contributed by atoms with van der Waals surface area (Å²) in [5, 5.41) is 3.57. The van der Waals surface area contributed by atoms with Gasteiger partial charge in [-0.3, -0.25) is 9.59 Å². The van der Waals surface area contributed by atoms with Gasteiger partial charge >= 0.3 is 5.97 Å². The van der Waals surface area contributed by atoms with Crippen molar-refractivity contribution >= 4 is 34.4 Å². The number of nitrogens with zero attached hydrogens (tertiary/aromatic N) is 2. The number of amides is 2. The van der Waals surface area contributed by atoms with E-state index in [9.17, 15) is 14.4 Å². The Morgan fingerprint density at radius 2 is 1.51 bits per heavy atom. The Morgan fingerprint density at radius 1 is 0.811 bits per heavy atom. The van der Waals surface area contributed by atoms with Gasteiger partial charge in [-0.15, -0.1) is 0 Å². The van der Waals surface area contributed by atoms with Crippen molar-refractivity contribution in [3.8, 4) is 11.3 Å². The van der Waals surface area contributed by atoms with Gasteiger partial charge < -0.3 is 15.0 Å². The van der Waals surface area contributed by atoms with Gasteiger partial charge in [0.2, 0.25) is 0 Å². The lowest BCUT2D eigenvalue weighted by atomic mass is 10.0. The van der Waals surface area contributed by atoms with Crippen LogP contribution in [-0.4, -0.2) is 47.4 Å². The summed E-state index contributed by atoms with van der Waals surface area (Å²) in [7, 11) is 0. The molecule has 4 aromatic rings. The average molecular weight is 494 g/mol. The van der Waals surface area contributed by atoms with E-state index in [1.165, 1.54) is 0 Å². The Bertz CT molecular complexity index is 1450. The maximum Gasteiger partial charge on any atom is 0.340 e. The van der Waals surface area contributed by atoms with E-state index in [1.807, 2.05) is 54.6 Å². The maximum atomic E-state index is 13.5. The minimum Gasteiger partial charge on any atom is -0.452 e. The first-order chi connectivity index (χ1) is 18.1. The van der Waals surface area contributed by atoms with Crippen LogP contribution in [0, 0.1) is 0 Å². The molecule has 0 aliphatic carbocycles. The normalized spacial score (nSPS) is 13.2. The Labute approximate surface area is 215 Å². The molecule has 1 aliphatic rings. The van der Waals surface area contributed by atoms with Gasteiger partial charge in [0.25, 0.3) is 11.8 Å². The van der Waals surface area contributed by atoms with Crippen LogP contribution >= 0.6 is 0 Å². The van der Waals surface area contributed by atoms with Gasteiger partial charge in [0.1, 0.15) is 0 Å². The summed E-state index contributed by atoms with van der Waals surface area (Å²) in [4.78, 5) is 45.3. The van der Waals surface area contributed by atoms with Crippen LogP contribution in [0.4, 0.5) is 5.69 Å². The number of hydrogen-bond donors (Lipinski definition) is 1. The molecule has 186 valence electrons. The number of hydrogen-bond acceptors (Lipinski definition) is 5. The lowest BCUT2D eigenvalue weighted by Crippen LogP contribution is -2.38. The van der Waals surface area contributed by atoms with Crippen LogP contribution in [0.2, 0.25) is 0 Å². The number of pyridine rings is 1. The van der Waals surface area contributed by atoms with E-state index < -0.39 is 5.97 Å². The number of carbonyl (C=O) groups is 3. The van der Waals surface area contributed by atoms with Crippen molar-refractivity contribution in [1.82, 2.24) is 9.88 Å². The number of esters is 1. The monoisotopic (exact) mass is 493 g/mol. The smallest absolute Gasteiger partial charge is 0.340 e. The summed E-state index contributed by atoms with van der Waals surface area (Å²) >= 11 is 0. The van der Waals surface area contributed by atoms with Crippen LogP contribution in [0.15, 0.2) is 84.9 Å². The van der Waals surface area contributed by atoms with E-state index in [1.54, 1.807) is 35.2 Å². The van der Waals surface area contributed by atoms with Crippen molar-refractivity contribution in [2.75, 3.05) is 25.0 Å². The van der Waals surface area contributed by atoms with Crippen molar-refractivity contribution in [3.05, 3.63) is 96.1 Å². The fourth-order valence-electron chi connectivity index (χ4n) is 4.52. The predicted octanol–water partition coefficient (Wildman–Crippen LogP) is 5.32. The second-order valence-corrected chi connectivity index (χ2v) is 8.96. The number of rotatable bonds is 6. The van der Waals surface area contributed by atoms with Gasteiger partial charge in [-0.25, -0.2) is 9.78 Å². The van der Waals surface area contributed by atoms with E-state index in [-0.39, 0.29) is 24.0 Å². The number of aromatic nitrogens is 1. The van der Waals surface area contributed by atoms with Crippen LogP contribution in [0.1, 0.15) is 40.0 Å². The van der Waals surface area contributed by atoms with Crippen molar-refractivity contribution in [2.45, 2.75) is 19.3 Å². The Kier molecular flexibility index (Phi) is 7.21. The van der Waals surface area contributed by atoms with Crippen LogP contribution in [0.5, 0.6) is 0 Å². The number of likely N-dealkylation sites (tertiary alicyclic amines) is 1. The fourth-order valence-corrected chi connectivity index (χ4v) is 4.52. The van der Waals surface area contributed by atoms with E-state index in [0.29, 0.717) is 40.9 Å². The predicted molar refractivity (Wildman–Crippen MR) is 142 cm³/mol. The summed E-state index contributed by atoms with van der Waals surface area (Å²) in [6, 6.07) is 25.5. The lowest BCUT2D eigenvalue weighted by Gasteiger charge is -2.26. The topological polar surface area (TPSA) is 88.6 Å². The molecule has 0 unspecified atom stereocenters. The highest BCUT2D eigenvalue weighted by atomic mass is 16.5. The number of anilines is 1. The molecule has 0 saturated carbocycles. The molecule has 5 rings (SSSR count). The minimum absolute atomic E-state index is 0.184. The summed E-state index contributed by atoms with van der Waals surface area (Å²) < 4.78 is 5.33. The second-order valence-electron chi connectivity index (χ2n) is 8.96. The molecule has 7 nitrogen and oxygen atoms in total. The quantitative estimate of drug-likeness (QED) is 0.367. The molecule has 1 aromatic heterocycles. The lowest BCUT2D eigenvalue weighted by molar-refractivity contribution is -0.135. The molecular formula is C30H27N3O4. The molecule has 2 heterocycles. The molecule has 1 fully saturated rings. The standard InChI is InChI=1S/C30H27N3O4/c34-28(33-17-9-2-10-18-33)20-37-30(36)23-14-6-8-16-26(23)32-29(35)24-19-27(21-11-3-1-4-12-21)31-25-15-7-5-13-22(24)25/h1,3-8,11-16,19H,2,9-10,17-18,20H2,(H,32,35). The molecule has 3 aromatic carbocycles. The van der Waals surface area contributed by atoms with Gasteiger partial charge in [0.05, 0.1) is 28.0 Å². The number of ether oxygens (including phenoxy) is 1. The fraction of sp³-hybridized carbons (Fsp3) is 0.200. The molecule has 0 radical (unpaired) electrons. The van der Waals surface area contributed by atoms with E-state index in [0.717, 1.165) is 24.8 Å². The number of nitrogens with one attached hydrogen (secondary N) is 1. The van der Waals surface area contributed by atoms with Crippen LogP contribution in [0.25, 0.3) is 22.2 Å². The highest BCUT2D eigenvalue weighted by Crippen LogP contribution is 2.26. The molecule has 0 bridgehead atoms. The van der Waals surface area contributed by atoms with Gasteiger partial charge in [0, 0.05) is 24.0 Å². The van der Waals surface area contributed by atoms with E-state index >= 15 is 0 Å². The third-order valence-corrected chi connectivity index (χ3v) is 6.46. The zero-order chi connectivity index (χ0) is 25.6. The van der Waals surface area contributed by atoms with Crippen molar-refractivity contribution in [2.24, 2.45) is 0 Å². The summed E-state index contributed by atoms with van der Waals surface area (Å²) in [6.07, 6.45) is 3.03. The van der Waals surface area contributed by atoms with Crippen molar-refractivity contribution in [3.63, 3.8) is 0 Å². The Morgan fingerprint density at radius 3 is 2.32 bits per heavy atom. The Balaban J connectivity index is 1.38. The zero-order valence-electron chi connectivity index (χ0n) is 20.4. The zero-order valence-corrected chi connectivity index (χ0v) is 20.4. The third-order valence-electron chi connectivity index (χ3n) is 6.46. The second kappa shape index (κ2) is 11.0. The first-order valence-corrected chi connectivity index (χ1v) is 12.4. The maximum absolute atomic E-state index is 13.5. The van der Waals surface area contributed by atoms with E-state index in [4.69, 9.17) is 9.72 Å². The molecule has 0 spiro atoms. The highest BCUT2D eigenvalue weighted by Gasteiger charge is 2.21. The van der Waals surface area contributed by atoms with Crippen molar-refractivity contribution < 1.29 is 19.1 Å². The SMILES string of the molecule is O=C(OCC(=O)N1CCCCC1)c1ccccc1NC(=O)c1cc(-c2ccccc2)nc2ccccc12. The minimum atomic E-state index is -0.661.